The SMILES string of the molecule is Cc1ccccc1Cn1nc(C)c(NC(=S)NCCCn2nc(C(F)(F)F)c(Cl)c2C)c1C. The Morgan fingerprint density at radius 3 is 2.39 bits per heavy atom. The lowest BCUT2D eigenvalue weighted by molar-refractivity contribution is -0.141. The number of benzene rings is 1. The molecule has 178 valence electrons. The summed E-state index contributed by atoms with van der Waals surface area (Å²) in [6.07, 6.45) is -4.06. The van der Waals surface area contributed by atoms with Crippen LogP contribution in [-0.2, 0) is 19.3 Å². The molecule has 2 aromatic heterocycles. The molecular weight excluding hydrogens is 473 g/mol. The van der Waals surface area contributed by atoms with E-state index >= 15 is 0 Å². The van der Waals surface area contributed by atoms with Gasteiger partial charge in [-0.25, -0.2) is 0 Å². The van der Waals surface area contributed by atoms with Crippen LogP contribution in [0.3, 0.4) is 0 Å². The van der Waals surface area contributed by atoms with E-state index in [0.717, 1.165) is 17.1 Å². The molecule has 0 spiro atoms. The molecule has 0 amide bonds. The van der Waals surface area contributed by atoms with Gasteiger partial charge in [-0.05, 0) is 57.5 Å². The highest BCUT2D eigenvalue weighted by molar-refractivity contribution is 7.80. The number of hydrogen-bond acceptors (Lipinski definition) is 3. The van der Waals surface area contributed by atoms with Gasteiger partial charge in [-0.2, -0.15) is 23.4 Å². The minimum absolute atomic E-state index is 0.281. The predicted molar refractivity (Wildman–Crippen MR) is 128 cm³/mol. The van der Waals surface area contributed by atoms with Gasteiger partial charge in [-0.15, -0.1) is 0 Å². The Morgan fingerprint density at radius 1 is 1.06 bits per heavy atom. The molecule has 11 heteroatoms. The third-order valence-corrected chi connectivity index (χ3v) is 6.13. The summed E-state index contributed by atoms with van der Waals surface area (Å²) in [5.74, 6) is 0. The number of thiocarbonyl (C=S) groups is 1. The summed E-state index contributed by atoms with van der Waals surface area (Å²) >= 11 is 11.2. The molecule has 2 heterocycles. The molecule has 0 aliphatic carbocycles. The monoisotopic (exact) mass is 498 g/mol. The second kappa shape index (κ2) is 10.1. The minimum Gasteiger partial charge on any atom is -0.362 e. The standard InChI is InChI=1S/C22H26ClF3N6S/c1-13-8-5-6-9-17(13)12-32-16(4)19(14(2)29-32)28-21(33)27-10-7-11-31-15(3)18(23)20(30-31)22(24,25)26/h5-6,8-9H,7,10-12H2,1-4H3,(H2,27,28,33). The molecule has 0 radical (unpaired) electrons. The Bertz CT molecular complexity index is 1150. The summed E-state index contributed by atoms with van der Waals surface area (Å²) < 4.78 is 42.0. The third-order valence-electron chi connectivity index (χ3n) is 5.44. The van der Waals surface area contributed by atoms with E-state index in [1.54, 1.807) is 0 Å². The molecule has 0 saturated carbocycles. The molecule has 3 rings (SSSR count). The van der Waals surface area contributed by atoms with E-state index < -0.39 is 11.9 Å². The second-order valence-corrected chi connectivity index (χ2v) is 8.62. The van der Waals surface area contributed by atoms with Crippen LogP contribution in [0.5, 0.6) is 0 Å². The Kier molecular flexibility index (Phi) is 7.69. The Hall–Kier alpha value is -2.59. The zero-order valence-electron chi connectivity index (χ0n) is 18.8. The van der Waals surface area contributed by atoms with Crippen LogP contribution in [0.1, 0.15) is 40.3 Å². The number of hydrogen-bond donors (Lipinski definition) is 2. The average molecular weight is 499 g/mol. The number of nitrogens with zero attached hydrogens (tertiary/aromatic N) is 4. The van der Waals surface area contributed by atoms with Crippen LogP contribution in [-0.4, -0.2) is 31.2 Å². The maximum Gasteiger partial charge on any atom is 0.436 e. The van der Waals surface area contributed by atoms with Crippen LogP contribution >= 0.6 is 23.8 Å². The number of halogens is 4. The van der Waals surface area contributed by atoms with Gasteiger partial charge in [0.05, 0.1) is 34.3 Å². The van der Waals surface area contributed by atoms with Crippen LogP contribution in [0.4, 0.5) is 18.9 Å². The van der Waals surface area contributed by atoms with Gasteiger partial charge in [0.25, 0.3) is 0 Å². The highest BCUT2D eigenvalue weighted by atomic mass is 35.5. The largest absolute Gasteiger partial charge is 0.436 e. The molecule has 3 aromatic rings. The number of anilines is 1. The lowest BCUT2D eigenvalue weighted by Gasteiger charge is -2.12. The van der Waals surface area contributed by atoms with E-state index in [4.69, 9.17) is 23.8 Å². The molecule has 1 aromatic carbocycles. The summed E-state index contributed by atoms with van der Waals surface area (Å²) in [5.41, 5.74) is 4.25. The van der Waals surface area contributed by atoms with Crippen LogP contribution in [0.15, 0.2) is 24.3 Å². The van der Waals surface area contributed by atoms with E-state index in [9.17, 15) is 13.2 Å². The third kappa shape index (κ3) is 5.86. The van der Waals surface area contributed by atoms with Crippen LogP contribution in [0.2, 0.25) is 5.02 Å². The second-order valence-electron chi connectivity index (χ2n) is 7.83. The number of rotatable bonds is 7. The summed E-state index contributed by atoms with van der Waals surface area (Å²) in [6.45, 7) is 8.88. The number of alkyl halides is 3. The van der Waals surface area contributed by atoms with Crippen LogP contribution in [0, 0.1) is 27.7 Å². The lowest BCUT2D eigenvalue weighted by Crippen LogP contribution is -2.30. The van der Waals surface area contributed by atoms with Gasteiger partial charge in [0, 0.05) is 13.1 Å². The summed E-state index contributed by atoms with van der Waals surface area (Å²) in [7, 11) is 0. The molecule has 6 nitrogen and oxygen atoms in total. The van der Waals surface area contributed by atoms with Gasteiger partial charge < -0.3 is 10.6 Å². The van der Waals surface area contributed by atoms with Gasteiger partial charge >= 0.3 is 6.18 Å². The zero-order valence-corrected chi connectivity index (χ0v) is 20.4. The molecule has 0 saturated heterocycles. The van der Waals surface area contributed by atoms with Gasteiger partial charge in [0.1, 0.15) is 0 Å². The van der Waals surface area contributed by atoms with E-state index in [1.807, 2.05) is 30.7 Å². The summed E-state index contributed by atoms with van der Waals surface area (Å²) in [6, 6.07) is 8.17. The van der Waals surface area contributed by atoms with Gasteiger partial charge in [-0.1, -0.05) is 35.9 Å². The molecule has 0 aliphatic rings. The first-order chi connectivity index (χ1) is 15.5. The maximum absolute atomic E-state index is 12.9. The topological polar surface area (TPSA) is 59.7 Å². The van der Waals surface area contributed by atoms with Crippen molar-refractivity contribution in [2.75, 3.05) is 11.9 Å². The number of aryl methyl sites for hydroxylation is 3. The molecule has 2 N–H and O–H groups in total. The van der Waals surface area contributed by atoms with Crippen molar-refractivity contribution in [3.05, 3.63) is 63.2 Å². The molecule has 0 bridgehead atoms. The van der Waals surface area contributed by atoms with E-state index in [0.29, 0.717) is 24.6 Å². The summed E-state index contributed by atoms with van der Waals surface area (Å²) in [5, 5.41) is 14.6. The smallest absolute Gasteiger partial charge is 0.362 e. The zero-order chi connectivity index (χ0) is 24.3. The molecule has 0 unspecified atom stereocenters. The van der Waals surface area contributed by atoms with Gasteiger partial charge in [0.2, 0.25) is 0 Å². The Balaban J connectivity index is 1.55. The summed E-state index contributed by atoms with van der Waals surface area (Å²) in [4.78, 5) is 0. The van der Waals surface area contributed by atoms with Gasteiger partial charge in [0.15, 0.2) is 10.8 Å². The van der Waals surface area contributed by atoms with Crippen molar-refractivity contribution in [1.82, 2.24) is 24.9 Å². The van der Waals surface area contributed by atoms with Crippen molar-refractivity contribution in [2.45, 2.75) is 53.4 Å². The number of aromatic nitrogens is 4. The fourth-order valence-electron chi connectivity index (χ4n) is 3.49. The average Bonchev–Trinajstić information content (AvgIpc) is 3.17. The van der Waals surface area contributed by atoms with Gasteiger partial charge in [-0.3, -0.25) is 9.36 Å². The first-order valence-corrected chi connectivity index (χ1v) is 11.2. The first kappa shape index (κ1) is 25.0. The molecular formula is C22H26ClF3N6S. The quantitative estimate of drug-likeness (QED) is 0.337. The Morgan fingerprint density at radius 2 is 1.76 bits per heavy atom. The normalized spacial score (nSPS) is 11.6. The highest BCUT2D eigenvalue weighted by Crippen LogP contribution is 2.35. The fraction of sp³-hybridized carbons (Fsp3) is 0.409. The van der Waals surface area contributed by atoms with Crippen molar-refractivity contribution < 1.29 is 13.2 Å². The Labute approximate surface area is 201 Å². The highest BCUT2D eigenvalue weighted by Gasteiger charge is 2.38. The van der Waals surface area contributed by atoms with Crippen molar-refractivity contribution in [3.8, 4) is 0 Å². The van der Waals surface area contributed by atoms with Crippen LogP contribution < -0.4 is 10.6 Å². The van der Waals surface area contributed by atoms with Crippen molar-refractivity contribution in [1.29, 1.82) is 0 Å². The lowest BCUT2D eigenvalue weighted by atomic mass is 10.1. The van der Waals surface area contributed by atoms with E-state index in [1.165, 1.54) is 22.7 Å². The van der Waals surface area contributed by atoms with Crippen LogP contribution in [0.25, 0.3) is 0 Å². The molecule has 0 fully saturated rings. The predicted octanol–water partition coefficient (Wildman–Crippen LogP) is 5.41. The minimum atomic E-state index is -4.57. The molecule has 33 heavy (non-hydrogen) atoms. The molecule has 0 aliphatic heterocycles. The van der Waals surface area contributed by atoms with E-state index in [-0.39, 0.29) is 17.3 Å². The first-order valence-electron chi connectivity index (χ1n) is 10.4. The fourth-order valence-corrected chi connectivity index (χ4v) is 3.94. The van der Waals surface area contributed by atoms with Crippen molar-refractivity contribution in [3.63, 3.8) is 0 Å². The van der Waals surface area contributed by atoms with E-state index in [2.05, 4.69) is 39.9 Å². The van der Waals surface area contributed by atoms with Crippen molar-refractivity contribution in [2.24, 2.45) is 0 Å². The van der Waals surface area contributed by atoms with Crippen molar-refractivity contribution >= 4 is 34.6 Å². The number of nitrogens with one attached hydrogen (secondary N) is 2. The maximum atomic E-state index is 12.9. The molecule has 0 atom stereocenters.